The van der Waals surface area contributed by atoms with Gasteiger partial charge in [-0.3, -0.25) is 9.48 Å². The lowest BCUT2D eigenvalue weighted by Gasteiger charge is -2.11. The number of amides is 1. The van der Waals surface area contributed by atoms with Gasteiger partial charge in [-0.2, -0.15) is 5.10 Å². The molecule has 2 aromatic heterocycles. The zero-order valence-electron chi connectivity index (χ0n) is 12.5. The molecule has 23 heavy (non-hydrogen) atoms. The van der Waals surface area contributed by atoms with Crippen molar-refractivity contribution in [3.05, 3.63) is 71.8 Å². The standard InChI is InChI=1S/C17H15ClN4O/c1-21-12-13(11-19-21)4-7-17(23)20-15-6-5-14(18)10-16(15)22-8-2-3-9-22/h2-12H,1H3,(H,20,23)/b7-4+. The number of hydrogen-bond donors (Lipinski definition) is 1. The summed E-state index contributed by atoms with van der Waals surface area (Å²) in [6.07, 6.45) is 10.5. The third-order valence-electron chi connectivity index (χ3n) is 3.25. The van der Waals surface area contributed by atoms with Crippen LogP contribution in [0.4, 0.5) is 5.69 Å². The smallest absolute Gasteiger partial charge is 0.248 e. The van der Waals surface area contributed by atoms with Crippen LogP contribution in [0, 0.1) is 0 Å². The second-order valence-electron chi connectivity index (χ2n) is 5.02. The summed E-state index contributed by atoms with van der Waals surface area (Å²) >= 11 is 6.06. The number of rotatable bonds is 4. The van der Waals surface area contributed by atoms with Crippen molar-refractivity contribution >= 4 is 29.3 Å². The maximum atomic E-state index is 12.1. The molecule has 5 nitrogen and oxygen atoms in total. The van der Waals surface area contributed by atoms with Gasteiger partial charge in [0.2, 0.25) is 5.91 Å². The van der Waals surface area contributed by atoms with E-state index in [2.05, 4.69) is 10.4 Å². The molecule has 0 unspecified atom stereocenters. The molecular weight excluding hydrogens is 312 g/mol. The second kappa shape index (κ2) is 6.54. The van der Waals surface area contributed by atoms with Gasteiger partial charge in [-0.25, -0.2) is 0 Å². The van der Waals surface area contributed by atoms with Crippen LogP contribution in [-0.2, 0) is 11.8 Å². The van der Waals surface area contributed by atoms with Crippen molar-refractivity contribution in [1.82, 2.24) is 14.3 Å². The van der Waals surface area contributed by atoms with E-state index in [1.165, 1.54) is 6.08 Å². The Morgan fingerprint density at radius 3 is 2.78 bits per heavy atom. The maximum absolute atomic E-state index is 12.1. The van der Waals surface area contributed by atoms with E-state index in [-0.39, 0.29) is 5.91 Å². The van der Waals surface area contributed by atoms with Crippen LogP contribution >= 0.6 is 11.6 Å². The van der Waals surface area contributed by atoms with E-state index in [4.69, 9.17) is 11.6 Å². The molecule has 0 fully saturated rings. The summed E-state index contributed by atoms with van der Waals surface area (Å²) in [6, 6.07) is 9.16. The van der Waals surface area contributed by atoms with Crippen molar-refractivity contribution in [2.24, 2.45) is 7.05 Å². The van der Waals surface area contributed by atoms with Gasteiger partial charge in [-0.15, -0.1) is 0 Å². The molecule has 1 amide bonds. The lowest BCUT2D eigenvalue weighted by Crippen LogP contribution is -2.10. The quantitative estimate of drug-likeness (QED) is 0.746. The maximum Gasteiger partial charge on any atom is 0.248 e. The first kappa shape index (κ1) is 15.1. The van der Waals surface area contributed by atoms with Gasteiger partial charge >= 0.3 is 0 Å². The van der Waals surface area contributed by atoms with E-state index < -0.39 is 0 Å². The molecule has 3 aromatic rings. The molecule has 3 rings (SSSR count). The highest BCUT2D eigenvalue weighted by molar-refractivity contribution is 6.31. The molecule has 0 radical (unpaired) electrons. The molecule has 0 bridgehead atoms. The molecule has 0 aliphatic carbocycles. The molecule has 1 N–H and O–H groups in total. The molecular formula is C17H15ClN4O. The minimum atomic E-state index is -0.218. The fourth-order valence-electron chi connectivity index (χ4n) is 2.19. The lowest BCUT2D eigenvalue weighted by atomic mass is 10.2. The topological polar surface area (TPSA) is 51.9 Å². The van der Waals surface area contributed by atoms with E-state index in [9.17, 15) is 4.79 Å². The Morgan fingerprint density at radius 1 is 1.30 bits per heavy atom. The SMILES string of the molecule is Cn1cc(/C=C/C(=O)Nc2ccc(Cl)cc2-n2cccc2)cn1. The number of aromatic nitrogens is 3. The largest absolute Gasteiger partial charge is 0.322 e. The number of nitrogens with zero attached hydrogens (tertiary/aromatic N) is 3. The van der Waals surface area contributed by atoms with Crippen LogP contribution in [0.1, 0.15) is 5.56 Å². The van der Waals surface area contributed by atoms with Gasteiger partial charge < -0.3 is 9.88 Å². The minimum absolute atomic E-state index is 0.218. The highest BCUT2D eigenvalue weighted by Gasteiger charge is 2.07. The first-order valence-corrected chi connectivity index (χ1v) is 7.40. The van der Waals surface area contributed by atoms with Gasteiger partial charge in [0.05, 0.1) is 17.6 Å². The van der Waals surface area contributed by atoms with Gasteiger partial charge in [0, 0.05) is 42.3 Å². The zero-order chi connectivity index (χ0) is 16.2. The number of nitrogens with one attached hydrogen (secondary N) is 1. The Labute approximate surface area is 138 Å². The summed E-state index contributed by atoms with van der Waals surface area (Å²) in [5, 5.41) is 7.53. The van der Waals surface area contributed by atoms with E-state index in [0.29, 0.717) is 10.7 Å². The summed E-state index contributed by atoms with van der Waals surface area (Å²) < 4.78 is 3.58. The van der Waals surface area contributed by atoms with E-state index in [0.717, 1.165) is 11.3 Å². The Bertz CT molecular complexity index is 849. The molecule has 6 heteroatoms. The average Bonchev–Trinajstić information content (AvgIpc) is 3.18. The van der Waals surface area contributed by atoms with Crippen molar-refractivity contribution in [1.29, 1.82) is 0 Å². The number of carbonyl (C=O) groups excluding carboxylic acids is 1. The molecule has 0 saturated heterocycles. The Kier molecular flexibility index (Phi) is 4.30. The molecule has 0 aliphatic heterocycles. The van der Waals surface area contributed by atoms with Crippen molar-refractivity contribution in [3.63, 3.8) is 0 Å². The minimum Gasteiger partial charge on any atom is -0.322 e. The number of benzene rings is 1. The van der Waals surface area contributed by atoms with Crippen LogP contribution in [0.25, 0.3) is 11.8 Å². The lowest BCUT2D eigenvalue weighted by molar-refractivity contribution is -0.111. The van der Waals surface area contributed by atoms with Crippen LogP contribution in [0.5, 0.6) is 0 Å². The summed E-state index contributed by atoms with van der Waals surface area (Å²) in [4.78, 5) is 12.1. The Balaban J connectivity index is 1.80. The fourth-order valence-corrected chi connectivity index (χ4v) is 2.36. The zero-order valence-corrected chi connectivity index (χ0v) is 13.2. The highest BCUT2D eigenvalue weighted by Crippen LogP contribution is 2.24. The number of aryl methyl sites for hydroxylation is 1. The molecule has 116 valence electrons. The average molecular weight is 327 g/mol. The monoisotopic (exact) mass is 326 g/mol. The fraction of sp³-hybridized carbons (Fsp3) is 0.0588. The van der Waals surface area contributed by atoms with Gasteiger partial charge in [0.15, 0.2) is 0 Å². The molecule has 0 atom stereocenters. The van der Waals surface area contributed by atoms with Crippen molar-refractivity contribution < 1.29 is 4.79 Å². The number of anilines is 1. The molecule has 1 aromatic carbocycles. The first-order valence-electron chi connectivity index (χ1n) is 7.02. The third kappa shape index (κ3) is 3.70. The molecule has 0 spiro atoms. The first-order chi connectivity index (χ1) is 11.1. The van der Waals surface area contributed by atoms with Crippen molar-refractivity contribution in [3.8, 4) is 5.69 Å². The third-order valence-corrected chi connectivity index (χ3v) is 3.49. The summed E-state index contributed by atoms with van der Waals surface area (Å²) in [6.45, 7) is 0. The van der Waals surface area contributed by atoms with E-state index >= 15 is 0 Å². The predicted molar refractivity (Wildman–Crippen MR) is 91.7 cm³/mol. The summed E-state index contributed by atoms with van der Waals surface area (Å²) in [5.41, 5.74) is 2.36. The molecule has 0 aliphatic rings. The van der Waals surface area contributed by atoms with Gasteiger partial charge in [-0.05, 0) is 36.4 Å². The number of carbonyl (C=O) groups is 1. The summed E-state index contributed by atoms with van der Waals surface area (Å²) in [7, 11) is 1.83. The van der Waals surface area contributed by atoms with Crippen molar-refractivity contribution in [2.45, 2.75) is 0 Å². The number of halogens is 1. The van der Waals surface area contributed by atoms with Crippen LogP contribution < -0.4 is 5.32 Å². The van der Waals surface area contributed by atoms with Crippen LogP contribution in [-0.4, -0.2) is 20.3 Å². The van der Waals surface area contributed by atoms with E-state index in [1.54, 1.807) is 29.1 Å². The number of hydrogen-bond acceptors (Lipinski definition) is 2. The predicted octanol–water partition coefficient (Wildman–Crippen LogP) is 3.52. The Hall–Kier alpha value is -2.79. The van der Waals surface area contributed by atoms with Gasteiger partial charge in [0.25, 0.3) is 0 Å². The normalized spacial score (nSPS) is 11.0. The Morgan fingerprint density at radius 2 is 2.09 bits per heavy atom. The van der Waals surface area contributed by atoms with Crippen molar-refractivity contribution in [2.75, 3.05) is 5.32 Å². The second-order valence-corrected chi connectivity index (χ2v) is 5.46. The van der Waals surface area contributed by atoms with Gasteiger partial charge in [0.1, 0.15) is 0 Å². The van der Waals surface area contributed by atoms with Crippen LogP contribution in [0.2, 0.25) is 5.02 Å². The van der Waals surface area contributed by atoms with Gasteiger partial charge in [-0.1, -0.05) is 11.6 Å². The summed E-state index contributed by atoms with van der Waals surface area (Å²) in [5.74, 6) is -0.218. The van der Waals surface area contributed by atoms with E-state index in [1.807, 2.05) is 48.4 Å². The highest BCUT2D eigenvalue weighted by atomic mass is 35.5. The molecule has 0 saturated carbocycles. The van der Waals surface area contributed by atoms with Crippen LogP contribution in [0.15, 0.2) is 61.2 Å². The molecule has 2 heterocycles. The van der Waals surface area contributed by atoms with Crippen LogP contribution in [0.3, 0.4) is 0 Å².